The number of rotatable bonds is 0. The molecule has 0 aliphatic carbocycles. The molecular formula is H2BBiO2. The van der Waals surface area contributed by atoms with Crippen molar-refractivity contribution < 1.29 is 10.0 Å². The third-order valence-electron chi connectivity index (χ3n) is 0. The van der Waals surface area contributed by atoms with Crippen molar-refractivity contribution in [3.05, 3.63) is 0 Å². The van der Waals surface area contributed by atoms with Crippen LogP contribution in [0.3, 0.4) is 0 Å². The van der Waals surface area contributed by atoms with E-state index >= 15 is 0 Å². The van der Waals surface area contributed by atoms with Crippen LogP contribution in [0, 0.1) is 0 Å². The van der Waals surface area contributed by atoms with E-state index in [0.717, 1.165) is 0 Å². The Hall–Kier alpha value is 0.868. The third-order valence-corrected chi connectivity index (χ3v) is 0. The van der Waals surface area contributed by atoms with Gasteiger partial charge in [0.25, 0.3) is 0 Å². The largest absolute Gasteiger partial charge is 0.482 e. The Balaban J connectivity index is 0. The van der Waals surface area contributed by atoms with Crippen molar-refractivity contribution in [1.29, 1.82) is 0 Å². The van der Waals surface area contributed by atoms with E-state index in [0.29, 0.717) is 0 Å². The second-order valence-electron chi connectivity index (χ2n) is 0.115. The van der Waals surface area contributed by atoms with Gasteiger partial charge in [-0.05, 0) is 0 Å². The molecule has 4 heavy (non-hydrogen) atoms. The van der Waals surface area contributed by atoms with Crippen LogP contribution in [0.25, 0.3) is 0 Å². The Morgan fingerprint density at radius 3 is 1.25 bits per heavy atom. The zero-order chi connectivity index (χ0) is 2.71. The third kappa shape index (κ3) is 13.3. The molecule has 0 saturated heterocycles. The first-order chi connectivity index (χ1) is 1.41. The van der Waals surface area contributed by atoms with Crippen LogP contribution in [0.2, 0.25) is 0 Å². The first-order valence-corrected chi connectivity index (χ1v) is 0.516. The first-order valence-electron chi connectivity index (χ1n) is 0.516. The van der Waals surface area contributed by atoms with Gasteiger partial charge >= 0.3 is 7.69 Å². The molecule has 0 rings (SSSR count). The molecule has 0 spiro atoms. The molecule has 0 aromatic rings. The zero-order valence-corrected chi connectivity index (χ0v) is 5.40. The van der Waals surface area contributed by atoms with Gasteiger partial charge in [0.1, 0.15) is 0 Å². The summed E-state index contributed by atoms with van der Waals surface area (Å²) in [7, 11) is 0. The Morgan fingerprint density at radius 2 is 1.25 bits per heavy atom. The van der Waals surface area contributed by atoms with Crippen LogP contribution in [-0.4, -0.2) is 43.9 Å². The van der Waals surface area contributed by atoms with Crippen LogP contribution < -0.4 is 0 Å². The average Bonchev–Trinajstić information content (AvgIpc) is 0.918. The van der Waals surface area contributed by atoms with E-state index < -0.39 is 0 Å². The second-order valence-corrected chi connectivity index (χ2v) is 0.115. The quantitative estimate of drug-likeness (QED) is 0.497. The zero-order valence-electron chi connectivity index (χ0n) is 1.92. The van der Waals surface area contributed by atoms with E-state index in [1.54, 1.807) is 0 Å². The van der Waals surface area contributed by atoms with Gasteiger partial charge in [0, 0.05) is 26.2 Å². The minimum absolute atomic E-state index is 0. The molecule has 0 bridgehead atoms. The van der Waals surface area contributed by atoms with E-state index in [9.17, 15) is 0 Å². The van der Waals surface area contributed by atoms with Gasteiger partial charge in [-0.1, -0.05) is 0 Å². The molecular weight excluding hydrogens is 252 g/mol. The fourth-order valence-corrected chi connectivity index (χ4v) is 0. The summed E-state index contributed by atoms with van der Waals surface area (Å²) in [4.78, 5) is 0. The van der Waals surface area contributed by atoms with Gasteiger partial charge < -0.3 is 10.0 Å². The molecule has 0 aromatic carbocycles. The summed E-state index contributed by atoms with van der Waals surface area (Å²) in [5, 5.41) is 14.0. The molecule has 0 unspecified atom stereocenters. The van der Waals surface area contributed by atoms with E-state index in [1.807, 2.05) is 0 Å². The fraction of sp³-hybridized carbons (Fsp3) is 0. The summed E-state index contributed by atoms with van der Waals surface area (Å²) in [5.41, 5.74) is 0. The average molecular weight is 254 g/mol. The number of hydrogen-bond acceptors (Lipinski definition) is 2. The molecule has 4 heteroatoms. The summed E-state index contributed by atoms with van der Waals surface area (Å²) in [6, 6.07) is 0. The van der Waals surface area contributed by atoms with E-state index in [4.69, 9.17) is 10.0 Å². The molecule has 0 fully saturated rings. The molecule has 0 amide bonds. The Morgan fingerprint density at radius 1 is 1.25 bits per heavy atom. The van der Waals surface area contributed by atoms with E-state index in [2.05, 4.69) is 0 Å². The van der Waals surface area contributed by atoms with Gasteiger partial charge in [-0.15, -0.1) is 0 Å². The first kappa shape index (κ1) is 8.85. The Bertz CT molecular complexity index is 6.00. The van der Waals surface area contributed by atoms with E-state index in [1.165, 1.54) is 0 Å². The Kier molecular flexibility index (Phi) is 20.2. The van der Waals surface area contributed by atoms with Crippen molar-refractivity contribution in [3.63, 3.8) is 0 Å². The molecule has 0 saturated carbocycles. The summed E-state index contributed by atoms with van der Waals surface area (Å²) >= 11 is 0. The maximum Gasteiger partial charge on any atom is 0.482 e. The van der Waals surface area contributed by atoms with Gasteiger partial charge in [-0.3, -0.25) is 0 Å². The van der Waals surface area contributed by atoms with Crippen LogP contribution in [0.15, 0.2) is 0 Å². The molecule has 2 nitrogen and oxygen atoms in total. The molecule has 0 atom stereocenters. The van der Waals surface area contributed by atoms with Crippen LogP contribution in [-0.2, 0) is 0 Å². The SMILES string of the molecule is O[B]O.[Bi]. The van der Waals surface area contributed by atoms with Crippen LogP contribution >= 0.6 is 0 Å². The fourth-order valence-electron chi connectivity index (χ4n) is 0. The monoisotopic (exact) mass is 254 g/mol. The summed E-state index contributed by atoms with van der Waals surface area (Å²) in [6.07, 6.45) is 0. The minimum Gasteiger partial charge on any atom is -0.429 e. The molecule has 0 aromatic heterocycles. The smallest absolute Gasteiger partial charge is 0.429 e. The van der Waals surface area contributed by atoms with Crippen molar-refractivity contribution in [2.24, 2.45) is 0 Å². The van der Waals surface area contributed by atoms with Crippen molar-refractivity contribution in [2.75, 3.05) is 0 Å². The van der Waals surface area contributed by atoms with Gasteiger partial charge in [-0.2, -0.15) is 0 Å². The maximum absolute atomic E-state index is 7.00. The number of hydrogen-bond donors (Lipinski definition) is 2. The predicted molar refractivity (Wildman–Crippen MR) is 15.9 cm³/mol. The predicted octanol–water partition coefficient (Wildman–Crippen LogP) is -1.88. The van der Waals surface area contributed by atoms with Crippen LogP contribution in [0.1, 0.15) is 0 Å². The summed E-state index contributed by atoms with van der Waals surface area (Å²) < 4.78 is 0. The van der Waals surface area contributed by atoms with Crippen molar-refractivity contribution in [1.82, 2.24) is 0 Å². The van der Waals surface area contributed by atoms with Gasteiger partial charge in [-0.25, -0.2) is 0 Å². The van der Waals surface area contributed by atoms with Gasteiger partial charge in [0.05, 0.1) is 0 Å². The van der Waals surface area contributed by atoms with Crippen molar-refractivity contribution in [3.8, 4) is 0 Å². The van der Waals surface area contributed by atoms with E-state index in [-0.39, 0.29) is 33.9 Å². The topological polar surface area (TPSA) is 40.5 Å². The maximum atomic E-state index is 7.00. The van der Waals surface area contributed by atoms with Crippen LogP contribution in [0.5, 0.6) is 0 Å². The Labute approximate surface area is 44.3 Å². The summed E-state index contributed by atoms with van der Waals surface area (Å²) in [6.45, 7) is 0. The van der Waals surface area contributed by atoms with Crippen molar-refractivity contribution >= 4 is 33.9 Å². The minimum atomic E-state index is 0. The van der Waals surface area contributed by atoms with Crippen LogP contribution in [0.4, 0.5) is 0 Å². The molecule has 0 aliphatic rings. The second kappa shape index (κ2) is 9.12. The summed E-state index contributed by atoms with van der Waals surface area (Å²) in [5.74, 6) is 0. The molecule has 22 valence electrons. The molecule has 0 aliphatic heterocycles. The molecule has 4 radical (unpaired) electrons. The molecule has 0 heterocycles. The molecule has 2 N–H and O–H groups in total. The van der Waals surface area contributed by atoms with Gasteiger partial charge in [0.2, 0.25) is 0 Å². The van der Waals surface area contributed by atoms with Gasteiger partial charge in [0.15, 0.2) is 0 Å². The standard InChI is InChI=1S/BH2O2.Bi/c2-1-3;/h2-3H;. The normalized spacial score (nSPS) is 3.50. The van der Waals surface area contributed by atoms with Crippen molar-refractivity contribution in [2.45, 2.75) is 0 Å².